The van der Waals surface area contributed by atoms with Gasteiger partial charge in [-0.25, -0.2) is 4.98 Å². The molecule has 7 nitrogen and oxygen atoms in total. The second-order valence-corrected chi connectivity index (χ2v) is 8.94. The van der Waals surface area contributed by atoms with Gasteiger partial charge in [-0.3, -0.25) is 9.59 Å². The maximum Gasteiger partial charge on any atom is 0.274 e. The Balaban J connectivity index is 1.39. The van der Waals surface area contributed by atoms with Gasteiger partial charge in [0.05, 0.1) is 21.8 Å². The van der Waals surface area contributed by atoms with Gasteiger partial charge in [0.15, 0.2) is 5.13 Å². The van der Waals surface area contributed by atoms with Gasteiger partial charge in [0.25, 0.3) is 5.91 Å². The van der Waals surface area contributed by atoms with E-state index in [1.807, 2.05) is 0 Å². The number of likely N-dealkylation sites (tertiary alicyclic amines) is 1. The van der Waals surface area contributed by atoms with Gasteiger partial charge in [-0.1, -0.05) is 29.3 Å². The number of hydrogen-bond acceptors (Lipinski definition) is 6. The minimum Gasteiger partial charge on any atom is -0.376 e. The molecule has 2 aromatic rings. The molecule has 1 aromatic heterocycles. The quantitative estimate of drug-likeness (QED) is 0.666. The molecule has 1 aromatic carbocycles. The molecule has 30 heavy (non-hydrogen) atoms. The number of hydrogen-bond donors (Lipinski definition) is 2. The molecule has 0 spiro atoms. The lowest BCUT2D eigenvalue weighted by Crippen LogP contribution is -2.47. The Morgan fingerprint density at radius 2 is 2.13 bits per heavy atom. The summed E-state index contributed by atoms with van der Waals surface area (Å²) in [5.41, 5.74) is 0.921. The summed E-state index contributed by atoms with van der Waals surface area (Å²) in [7, 11) is 0. The molecule has 2 aliphatic heterocycles. The van der Waals surface area contributed by atoms with Crippen LogP contribution < -0.4 is 10.6 Å². The lowest BCUT2D eigenvalue weighted by atomic mass is 10.2. The van der Waals surface area contributed by atoms with Crippen molar-refractivity contribution in [2.24, 2.45) is 0 Å². The van der Waals surface area contributed by atoms with Gasteiger partial charge in [-0.15, -0.1) is 11.3 Å². The van der Waals surface area contributed by atoms with Crippen molar-refractivity contribution in [2.45, 2.75) is 37.8 Å². The van der Waals surface area contributed by atoms with Crippen LogP contribution in [0.4, 0.5) is 10.8 Å². The fourth-order valence-corrected chi connectivity index (χ4v) is 4.76. The number of carbonyl (C=O) groups is 2. The van der Waals surface area contributed by atoms with Crippen molar-refractivity contribution in [1.82, 2.24) is 15.2 Å². The van der Waals surface area contributed by atoms with E-state index in [0.29, 0.717) is 46.1 Å². The maximum absolute atomic E-state index is 13.0. The SMILES string of the molecule is O=C(NC[C@@H]1CCCO1)[C@H]1CCCN1C(=O)c1csc(Nc2cccc(Cl)c2Cl)n1. The molecule has 2 fully saturated rings. The van der Waals surface area contributed by atoms with Gasteiger partial charge in [-0.2, -0.15) is 0 Å². The number of ether oxygens (including phenoxy) is 1. The number of rotatable bonds is 6. The summed E-state index contributed by atoms with van der Waals surface area (Å²) in [6, 6.07) is 4.79. The lowest BCUT2D eigenvalue weighted by Gasteiger charge is -2.23. The highest BCUT2D eigenvalue weighted by Gasteiger charge is 2.35. The zero-order valence-electron chi connectivity index (χ0n) is 16.2. The number of nitrogens with one attached hydrogen (secondary N) is 2. The molecule has 2 atom stereocenters. The fourth-order valence-electron chi connectivity index (χ4n) is 3.71. The Hall–Kier alpha value is -1.87. The topological polar surface area (TPSA) is 83.6 Å². The summed E-state index contributed by atoms with van der Waals surface area (Å²) in [4.78, 5) is 31.6. The zero-order valence-corrected chi connectivity index (χ0v) is 18.5. The van der Waals surface area contributed by atoms with Gasteiger partial charge >= 0.3 is 0 Å². The van der Waals surface area contributed by atoms with E-state index >= 15 is 0 Å². The minimum absolute atomic E-state index is 0.0741. The molecule has 2 N–H and O–H groups in total. The van der Waals surface area contributed by atoms with E-state index in [1.54, 1.807) is 28.5 Å². The van der Waals surface area contributed by atoms with Crippen LogP contribution in [0.1, 0.15) is 36.2 Å². The number of amides is 2. The fraction of sp³-hybridized carbons (Fsp3) is 0.450. The number of aromatic nitrogens is 1. The van der Waals surface area contributed by atoms with Gasteiger partial charge in [0, 0.05) is 25.1 Å². The smallest absolute Gasteiger partial charge is 0.274 e. The van der Waals surface area contributed by atoms with Crippen molar-refractivity contribution in [1.29, 1.82) is 0 Å². The number of thiazole rings is 1. The van der Waals surface area contributed by atoms with Gasteiger partial charge < -0.3 is 20.3 Å². The van der Waals surface area contributed by atoms with Crippen molar-refractivity contribution in [2.75, 3.05) is 25.0 Å². The van der Waals surface area contributed by atoms with Crippen LogP contribution in [0.15, 0.2) is 23.6 Å². The third-order valence-electron chi connectivity index (χ3n) is 5.26. The van der Waals surface area contributed by atoms with E-state index in [4.69, 9.17) is 27.9 Å². The number of halogens is 2. The Bertz CT molecular complexity index is 933. The van der Waals surface area contributed by atoms with Crippen LogP contribution in [-0.2, 0) is 9.53 Å². The monoisotopic (exact) mass is 468 g/mol. The van der Waals surface area contributed by atoms with Crippen molar-refractivity contribution >= 4 is 57.2 Å². The minimum atomic E-state index is -0.473. The van der Waals surface area contributed by atoms with E-state index in [-0.39, 0.29) is 17.9 Å². The first kappa shape index (κ1) is 21.4. The van der Waals surface area contributed by atoms with Crippen LogP contribution >= 0.6 is 34.5 Å². The summed E-state index contributed by atoms with van der Waals surface area (Å²) in [5.74, 6) is -0.373. The largest absolute Gasteiger partial charge is 0.376 e. The summed E-state index contributed by atoms with van der Waals surface area (Å²) in [6.07, 6.45) is 3.49. The van der Waals surface area contributed by atoms with Crippen LogP contribution in [0.2, 0.25) is 10.0 Å². The molecule has 0 radical (unpaired) electrons. The molecule has 2 aliphatic rings. The second kappa shape index (κ2) is 9.51. The van der Waals surface area contributed by atoms with E-state index in [2.05, 4.69) is 15.6 Å². The molecular weight excluding hydrogens is 447 g/mol. The van der Waals surface area contributed by atoms with Gasteiger partial charge in [0.2, 0.25) is 5.91 Å². The van der Waals surface area contributed by atoms with Crippen LogP contribution in [0, 0.1) is 0 Å². The van der Waals surface area contributed by atoms with E-state index in [1.165, 1.54) is 11.3 Å². The highest BCUT2D eigenvalue weighted by atomic mass is 35.5. The highest BCUT2D eigenvalue weighted by Crippen LogP contribution is 2.33. The molecule has 0 aliphatic carbocycles. The average Bonchev–Trinajstić information content (AvgIpc) is 3.51. The third kappa shape index (κ3) is 4.72. The maximum atomic E-state index is 13.0. The van der Waals surface area contributed by atoms with Crippen LogP contribution in [0.25, 0.3) is 0 Å². The van der Waals surface area contributed by atoms with Crippen molar-refractivity contribution in [3.63, 3.8) is 0 Å². The molecule has 0 bridgehead atoms. The first-order chi connectivity index (χ1) is 14.5. The first-order valence-corrected chi connectivity index (χ1v) is 11.5. The van der Waals surface area contributed by atoms with Crippen molar-refractivity contribution in [3.05, 3.63) is 39.3 Å². The number of nitrogens with zero attached hydrogens (tertiary/aromatic N) is 2. The average molecular weight is 469 g/mol. The summed E-state index contributed by atoms with van der Waals surface area (Å²) >= 11 is 13.5. The Morgan fingerprint density at radius 1 is 1.27 bits per heavy atom. The van der Waals surface area contributed by atoms with E-state index in [0.717, 1.165) is 25.9 Å². The highest BCUT2D eigenvalue weighted by molar-refractivity contribution is 7.14. The van der Waals surface area contributed by atoms with Crippen LogP contribution in [0.3, 0.4) is 0 Å². The predicted octanol–water partition coefficient (Wildman–Crippen LogP) is 4.09. The van der Waals surface area contributed by atoms with E-state index < -0.39 is 6.04 Å². The van der Waals surface area contributed by atoms with E-state index in [9.17, 15) is 9.59 Å². The standard InChI is InChI=1S/C20H22Cl2N4O3S/c21-13-5-1-6-14(17(13)22)24-20-25-15(11-30-20)19(28)26-8-2-7-16(26)18(27)23-10-12-4-3-9-29-12/h1,5-6,11-12,16H,2-4,7-10H2,(H,23,27)(H,24,25)/t12-,16+/m0/s1. The third-order valence-corrected chi connectivity index (χ3v) is 6.84. The molecule has 10 heteroatoms. The number of benzene rings is 1. The Labute approximate surface area is 188 Å². The summed E-state index contributed by atoms with van der Waals surface area (Å²) < 4.78 is 5.55. The molecule has 2 saturated heterocycles. The number of carbonyl (C=O) groups excluding carboxylic acids is 2. The zero-order chi connectivity index (χ0) is 21.1. The van der Waals surface area contributed by atoms with Gasteiger partial charge in [0.1, 0.15) is 11.7 Å². The molecule has 4 rings (SSSR count). The molecule has 0 unspecified atom stereocenters. The summed E-state index contributed by atoms with van der Waals surface area (Å²) in [5, 5.41) is 9.07. The predicted molar refractivity (Wildman–Crippen MR) is 118 cm³/mol. The Kier molecular flexibility index (Phi) is 6.77. The molecule has 0 saturated carbocycles. The Morgan fingerprint density at radius 3 is 2.93 bits per heavy atom. The second-order valence-electron chi connectivity index (χ2n) is 7.30. The van der Waals surface area contributed by atoms with Crippen LogP contribution in [0.5, 0.6) is 0 Å². The normalized spacial score (nSPS) is 21.1. The number of anilines is 2. The molecule has 160 valence electrons. The molecule has 2 amide bonds. The summed E-state index contributed by atoms with van der Waals surface area (Å²) in [6.45, 7) is 1.77. The van der Waals surface area contributed by atoms with Gasteiger partial charge in [-0.05, 0) is 37.8 Å². The molecule has 3 heterocycles. The lowest BCUT2D eigenvalue weighted by molar-refractivity contribution is -0.125. The van der Waals surface area contributed by atoms with Crippen molar-refractivity contribution in [3.8, 4) is 0 Å². The first-order valence-electron chi connectivity index (χ1n) is 9.90. The molecular formula is C20H22Cl2N4O3S. The van der Waals surface area contributed by atoms with Crippen LogP contribution in [-0.4, -0.2) is 53.5 Å². The van der Waals surface area contributed by atoms with Crippen molar-refractivity contribution < 1.29 is 14.3 Å².